The van der Waals surface area contributed by atoms with E-state index in [-0.39, 0.29) is 5.43 Å². The molecule has 2 aromatic rings. The number of H-pyrrole nitrogens is 1. The number of anilines is 1. The largest absolute Gasteiger partial charge is 0.378 e. The number of hydrogen-bond donors (Lipinski definition) is 1. The Morgan fingerprint density at radius 1 is 1.22 bits per heavy atom. The lowest BCUT2D eigenvalue weighted by molar-refractivity contribution is 0.126. The van der Waals surface area contributed by atoms with Gasteiger partial charge in [0.25, 0.3) is 0 Å². The van der Waals surface area contributed by atoms with E-state index in [1.807, 2.05) is 38.1 Å². The Morgan fingerprint density at radius 2 is 1.96 bits per heavy atom. The summed E-state index contributed by atoms with van der Waals surface area (Å²) >= 11 is 0. The van der Waals surface area contributed by atoms with Crippen LogP contribution in [0.4, 0.5) is 5.69 Å². The van der Waals surface area contributed by atoms with Gasteiger partial charge in [-0.3, -0.25) is 9.69 Å². The average molecular weight is 368 g/mol. The van der Waals surface area contributed by atoms with Crippen LogP contribution in [0.15, 0.2) is 23.0 Å². The maximum atomic E-state index is 13.3. The van der Waals surface area contributed by atoms with Crippen molar-refractivity contribution in [1.29, 1.82) is 0 Å². The molecule has 4 rings (SSSR count). The number of likely N-dealkylation sites (tertiary alicyclic amines) is 1. The van der Waals surface area contributed by atoms with Crippen LogP contribution in [0, 0.1) is 17.8 Å². The molecule has 4 nitrogen and oxygen atoms in total. The molecule has 2 aliphatic rings. The Morgan fingerprint density at radius 3 is 2.67 bits per heavy atom. The van der Waals surface area contributed by atoms with Crippen LogP contribution < -0.4 is 10.3 Å². The molecule has 1 aliphatic carbocycles. The summed E-state index contributed by atoms with van der Waals surface area (Å²) in [5.74, 6) is 0. The van der Waals surface area contributed by atoms with Crippen molar-refractivity contribution in [3.63, 3.8) is 0 Å². The molecule has 4 heteroatoms. The number of aryl methyl sites for hydroxylation is 1. The van der Waals surface area contributed by atoms with Crippen molar-refractivity contribution in [3.8, 4) is 0 Å². The van der Waals surface area contributed by atoms with Gasteiger partial charge < -0.3 is 9.88 Å². The first-order chi connectivity index (χ1) is 12.6. The molecule has 2 bridgehead atoms. The smallest absolute Gasteiger partial charge is 0.194 e. The lowest BCUT2D eigenvalue weighted by atomic mass is 9.65. The van der Waals surface area contributed by atoms with Gasteiger partial charge in [0.1, 0.15) is 0 Å². The number of aromatic nitrogens is 1. The predicted octanol–water partition coefficient (Wildman–Crippen LogP) is 4.30. The molecule has 1 aromatic heterocycles. The highest BCUT2D eigenvalue weighted by Crippen LogP contribution is 2.52. The molecule has 1 aromatic carbocycles. The van der Waals surface area contributed by atoms with E-state index in [0.717, 1.165) is 40.9 Å². The van der Waals surface area contributed by atoms with E-state index in [9.17, 15) is 4.79 Å². The first-order valence-electron chi connectivity index (χ1n) is 10.1. The summed E-state index contributed by atoms with van der Waals surface area (Å²) < 4.78 is 0. The standard InChI is InChI=1S/C23H33N3O/c1-15-19(12-26-14-23(4)11-17(26)10-22(2,3)13-23)21(27)18-9-16(25(5)6)7-8-20(18)24-15/h7-9,17H,10-14H2,1-6H3,(H,24,27)/t17-,23-/m0/s1. The molecule has 27 heavy (non-hydrogen) atoms. The topological polar surface area (TPSA) is 39.3 Å². The van der Waals surface area contributed by atoms with Gasteiger partial charge in [-0.1, -0.05) is 20.8 Å². The van der Waals surface area contributed by atoms with Crippen molar-refractivity contribution in [2.75, 3.05) is 25.5 Å². The van der Waals surface area contributed by atoms with E-state index in [1.165, 1.54) is 19.3 Å². The number of hydrogen-bond acceptors (Lipinski definition) is 3. The minimum Gasteiger partial charge on any atom is -0.378 e. The van der Waals surface area contributed by atoms with E-state index in [1.54, 1.807) is 0 Å². The minimum absolute atomic E-state index is 0.191. The fourth-order valence-corrected chi connectivity index (χ4v) is 5.87. The van der Waals surface area contributed by atoms with Crippen LogP contribution in [-0.4, -0.2) is 36.6 Å². The van der Waals surface area contributed by atoms with E-state index in [4.69, 9.17) is 0 Å². The summed E-state index contributed by atoms with van der Waals surface area (Å²) in [4.78, 5) is 21.4. The Balaban J connectivity index is 1.71. The van der Waals surface area contributed by atoms with Crippen molar-refractivity contribution >= 4 is 16.6 Å². The number of benzene rings is 1. The number of aromatic amines is 1. The molecule has 0 unspecified atom stereocenters. The molecule has 2 heterocycles. The highest BCUT2D eigenvalue weighted by molar-refractivity contribution is 5.83. The normalized spacial score (nSPS) is 27.3. The summed E-state index contributed by atoms with van der Waals surface area (Å²) in [6.45, 7) is 11.1. The van der Waals surface area contributed by atoms with E-state index < -0.39 is 0 Å². The third-order valence-corrected chi connectivity index (χ3v) is 6.70. The van der Waals surface area contributed by atoms with Gasteiger partial charge in [0.2, 0.25) is 0 Å². The van der Waals surface area contributed by atoms with Gasteiger partial charge >= 0.3 is 0 Å². The number of nitrogens with zero attached hydrogens (tertiary/aromatic N) is 2. The minimum atomic E-state index is 0.191. The van der Waals surface area contributed by atoms with Crippen LogP contribution in [0.1, 0.15) is 51.3 Å². The van der Waals surface area contributed by atoms with Gasteiger partial charge in [0, 0.05) is 61.1 Å². The summed E-state index contributed by atoms with van der Waals surface area (Å²) in [6.07, 6.45) is 3.79. The number of nitrogens with one attached hydrogen (secondary N) is 1. The van der Waals surface area contributed by atoms with Gasteiger partial charge in [0.15, 0.2) is 5.43 Å². The molecule has 1 aliphatic heterocycles. The lowest BCUT2D eigenvalue weighted by Gasteiger charge is -2.40. The van der Waals surface area contributed by atoms with Crippen molar-refractivity contribution in [2.45, 2.75) is 59.5 Å². The Labute approximate surface area is 162 Å². The first kappa shape index (κ1) is 18.5. The zero-order valence-electron chi connectivity index (χ0n) is 17.6. The second kappa shape index (κ2) is 6.10. The molecule has 0 amide bonds. The maximum absolute atomic E-state index is 13.3. The molecule has 146 valence electrons. The number of rotatable bonds is 3. The van der Waals surface area contributed by atoms with Crippen LogP contribution in [0.5, 0.6) is 0 Å². The second-order valence-corrected chi connectivity index (χ2v) is 10.3. The Hall–Kier alpha value is -1.81. The van der Waals surface area contributed by atoms with Gasteiger partial charge in [-0.2, -0.15) is 0 Å². The molecular weight excluding hydrogens is 334 g/mol. The fourth-order valence-electron chi connectivity index (χ4n) is 5.87. The van der Waals surface area contributed by atoms with Crippen LogP contribution >= 0.6 is 0 Å². The second-order valence-electron chi connectivity index (χ2n) is 10.3. The highest BCUT2D eigenvalue weighted by atomic mass is 16.1. The van der Waals surface area contributed by atoms with Crippen molar-refractivity contribution in [3.05, 3.63) is 39.7 Å². The first-order valence-corrected chi connectivity index (χ1v) is 10.1. The van der Waals surface area contributed by atoms with Crippen LogP contribution in [0.3, 0.4) is 0 Å². The lowest BCUT2D eigenvalue weighted by Crippen LogP contribution is -2.35. The van der Waals surface area contributed by atoms with Crippen molar-refractivity contribution in [1.82, 2.24) is 9.88 Å². The van der Waals surface area contributed by atoms with E-state index in [0.29, 0.717) is 16.9 Å². The van der Waals surface area contributed by atoms with Crippen LogP contribution in [-0.2, 0) is 6.54 Å². The summed E-state index contributed by atoms with van der Waals surface area (Å²) in [7, 11) is 4.02. The van der Waals surface area contributed by atoms with Gasteiger partial charge in [0.05, 0.1) is 0 Å². The maximum Gasteiger partial charge on any atom is 0.194 e. The third kappa shape index (κ3) is 3.29. The van der Waals surface area contributed by atoms with Crippen molar-refractivity contribution < 1.29 is 0 Å². The Kier molecular flexibility index (Phi) is 4.19. The number of pyridine rings is 1. The zero-order chi connectivity index (χ0) is 19.6. The van der Waals surface area contributed by atoms with Gasteiger partial charge in [-0.15, -0.1) is 0 Å². The van der Waals surface area contributed by atoms with Gasteiger partial charge in [-0.25, -0.2) is 0 Å². The quantitative estimate of drug-likeness (QED) is 0.879. The SMILES string of the molecule is Cc1[nH]c2ccc(N(C)C)cc2c(=O)c1CN1C[C@@]2(C)C[C@@H]1CC(C)(C)C2. The Bertz CT molecular complexity index is 943. The molecule has 0 radical (unpaired) electrons. The summed E-state index contributed by atoms with van der Waals surface area (Å²) in [5.41, 5.74) is 4.92. The van der Waals surface area contributed by atoms with Crippen LogP contribution in [0.25, 0.3) is 10.9 Å². The summed E-state index contributed by atoms with van der Waals surface area (Å²) in [6, 6.07) is 6.70. The molecule has 2 atom stereocenters. The predicted molar refractivity (Wildman–Crippen MR) is 114 cm³/mol. The molecule has 0 spiro atoms. The summed E-state index contributed by atoms with van der Waals surface area (Å²) in [5, 5.41) is 0.801. The van der Waals surface area contributed by atoms with Gasteiger partial charge in [-0.05, 0) is 55.2 Å². The molecule has 2 fully saturated rings. The highest BCUT2D eigenvalue weighted by Gasteiger charge is 2.49. The average Bonchev–Trinajstić information content (AvgIpc) is 2.79. The molecule has 1 N–H and O–H groups in total. The molecule has 1 saturated heterocycles. The van der Waals surface area contributed by atoms with E-state index in [2.05, 4.69) is 36.7 Å². The zero-order valence-corrected chi connectivity index (χ0v) is 17.6. The molecular formula is C23H33N3O. The molecule has 1 saturated carbocycles. The van der Waals surface area contributed by atoms with Crippen molar-refractivity contribution in [2.24, 2.45) is 10.8 Å². The fraction of sp³-hybridized carbons (Fsp3) is 0.609. The third-order valence-electron chi connectivity index (χ3n) is 6.70. The van der Waals surface area contributed by atoms with E-state index >= 15 is 0 Å². The van der Waals surface area contributed by atoms with Crippen LogP contribution in [0.2, 0.25) is 0 Å². The number of fused-ring (bicyclic) bond motifs is 3. The monoisotopic (exact) mass is 367 g/mol.